The van der Waals surface area contributed by atoms with Crippen LogP contribution in [0.25, 0.3) is 0 Å². The van der Waals surface area contributed by atoms with E-state index < -0.39 is 0 Å². The van der Waals surface area contributed by atoms with Crippen molar-refractivity contribution in [3.05, 3.63) is 59.2 Å². The van der Waals surface area contributed by atoms with E-state index in [1.165, 1.54) is 18.2 Å². The highest BCUT2D eigenvalue weighted by Crippen LogP contribution is 2.30. The van der Waals surface area contributed by atoms with E-state index in [9.17, 15) is 8.78 Å². The normalized spacial score (nSPS) is 12.2. The molecular weight excluding hydrogens is 260 g/mol. The lowest BCUT2D eigenvalue weighted by Gasteiger charge is -2.16. The minimum atomic E-state index is -0.315. The first-order chi connectivity index (χ1) is 9.51. The highest BCUT2D eigenvalue weighted by molar-refractivity contribution is 5.41. The second-order valence-corrected chi connectivity index (χ2v) is 4.71. The summed E-state index contributed by atoms with van der Waals surface area (Å²) in [7, 11) is 1.79. The van der Waals surface area contributed by atoms with Crippen LogP contribution in [-0.2, 0) is 0 Å². The average Bonchev–Trinajstić information content (AvgIpc) is 2.44. The zero-order valence-corrected chi connectivity index (χ0v) is 11.7. The SMILES string of the molecule is CNC(C)c1cc(F)ccc1Oc1ccc(F)c(C)c1. The third-order valence-electron chi connectivity index (χ3n) is 3.23. The summed E-state index contributed by atoms with van der Waals surface area (Å²) in [5.74, 6) is 0.490. The Hall–Kier alpha value is -1.94. The highest BCUT2D eigenvalue weighted by Gasteiger charge is 2.12. The maximum Gasteiger partial charge on any atom is 0.132 e. The smallest absolute Gasteiger partial charge is 0.132 e. The molecule has 0 saturated carbocycles. The first-order valence-electron chi connectivity index (χ1n) is 6.42. The molecule has 0 fully saturated rings. The molecule has 2 aromatic carbocycles. The first kappa shape index (κ1) is 14.5. The lowest BCUT2D eigenvalue weighted by molar-refractivity contribution is 0.461. The predicted octanol–water partition coefficient (Wildman–Crippen LogP) is 4.35. The molecule has 0 saturated heterocycles. The van der Waals surface area contributed by atoms with Crippen LogP contribution in [0.2, 0.25) is 0 Å². The Labute approximate surface area is 117 Å². The monoisotopic (exact) mass is 277 g/mol. The minimum absolute atomic E-state index is 0.0535. The fourth-order valence-electron chi connectivity index (χ4n) is 1.91. The molecule has 0 aliphatic heterocycles. The molecule has 0 heterocycles. The van der Waals surface area contributed by atoms with Gasteiger partial charge >= 0.3 is 0 Å². The van der Waals surface area contributed by atoms with Crippen LogP contribution in [0.3, 0.4) is 0 Å². The van der Waals surface area contributed by atoms with E-state index in [1.54, 1.807) is 32.2 Å². The average molecular weight is 277 g/mol. The van der Waals surface area contributed by atoms with Crippen LogP contribution < -0.4 is 10.1 Å². The van der Waals surface area contributed by atoms with Crippen LogP contribution in [0.1, 0.15) is 24.1 Å². The Bertz CT molecular complexity index is 613. The molecule has 2 nitrogen and oxygen atoms in total. The van der Waals surface area contributed by atoms with Crippen LogP contribution in [0.15, 0.2) is 36.4 Å². The Morgan fingerprint density at radius 1 is 1.10 bits per heavy atom. The topological polar surface area (TPSA) is 21.3 Å². The van der Waals surface area contributed by atoms with E-state index in [0.717, 1.165) is 5.56 Å². The minimum Gasteiger partial charge on any atom is -0.457 e. The molecule has 0 aliphatic rings. The molecule has 0 spiro atoms. The predicted molar refractivity (Wildman–Crippen MR) is 75.1 cm³/mol. The summed E-state index contributed by atoms with van der Waals surface area (Å²) >= 11 is 0. The number of benzene rings is 2. The van der Waals surface area contributed by atoms with Crippen LogP contribution in [0.4, 0.5) is 8.78 Å². The molecule has 0 bridgehead atoms. The number of rotatable bonds is 4. The van der Waals surface area contributed by atoms with Crippen molar-refractivity contribution in [1.82, 2.24) is 5.32 Å². The maximum atomic E-state index is 13.4. The van der Waals surface area contributed by atoms with Gasteiger partial charge in [-0.1, -0.05) is 0 Å². The summed E-state index contributed by atoms with van der Waals surface area (Å²) in [5, 5.41) is 3.05. The van der Waals surface area contributed by atoms with E-state index >= 15 is 0 Å². The van der Waals surface area contributed by atoms with Crippen LogP contribution in [0, 0.1) is 18.6 Å². The Morgan fingerprint density at radius 3 is 2.50 bits per heavy atom. The molecule has 2 rings (SSSR count). The summed E-state index contributed by atoms with van der Waals surface area (Å²) in [6.45, 7) is 3.58. The number of ether oxygens (including phenoxy) is 1. The molecule has 1 N–H and O–H groups in total. The van der Waals surface area contributed by atoms with Crippen molar-refractivity contribution < 1.29 is 13.5 Å². The van der Waals surface area contributed by atoms with E-state index in [2.05, 4.69) is 5.32 Å². The van der Waals surface area contributed by atoms with Crippen molar-refractivity contribution in [2.75, 3.05) is 7.05 Å². The second kappa shape index (κ2) is 6.01. The molecule has 0 aliphatic carbocycles. The van der Waals surface area contributed by atoms with E-state index in [0.29, 0.717) is 17.1 Å². The molecule has 0 amide bonds. The Balaban J connectivity index is 2.35. The van der Waals surface area contributed by atoms with Gasteiger partial charge in [0.25, 0.3) is 0 Å². The number of aryl methyl sites for hydroxylation is 1. The second-order valence-electron chi connectivity index (χ2n) is 4.71. The van der Waals surface area contributed by atoms with Gasteiger partial charge in [0.05, 0.1) is 0 Å². The third-order valence-corrected chi connectivity index (χ3v) is 3.23. The van der Waals surface area contributed by atoms with Gasteiger partial charge in [-0.05, 0) is 62.9 Å². The van der Waals surface area contributed by atoms with Gasteiger partial charge in [0.15, 0.2) is 0 Å². The van der Waals surface area contributed by atoms with Crippen molar-refractivity contribution in [2.45, 2.75) is 19.9 Å². The molecular formula is C16H17F2NO. The molecule has 2 aromatic rings. The van der Waals surface area contributed by atoms with Crippen molar-refractivity contribution in [3.8, 4) is 11.5 Å². The number of halogens is 2. The number of hydrogen-bond donors (Lipinski definition) is 1. The lowest BCUT2D eigenvalue weighted by atomic mass is 10.1. The Kier molecular flexibility index (Phi) is 4.35. The highest BCUT2D eigenvalue weighted by atomic mass is 19.1. The van der Waals surface area contributed by atoms with Crippen LogP contribution >= 0.6 is 0 Å². The molecule has 0 radical (unpaired) electrons. The summed E-state index contributed by atoms with van der Waals surface area (Å²) < 4.78 is 32.4. The molecule has 20 heavy (non-hydrogen) atoms. The molecule has 106 valence electrons. The van der Waals surface area contributed by atoms with Gasteiger partial charge in [0.1, 0.15) is 23.1 Å². The summed E-state index contributed by atoms with van der Waals surface area (Å²) in [5.41, 5.74) is 1.22. The van der Waals surface area contributed by atoms with Crippen molar-refractivity contribution >= 4 is 0 Å². The van der Waals surface area contributed by atoms with E-state index in [4.69, 9.17) is 4.74 Å². The van der Waals surface area contributed by atoms with Crippen LogP contribution in [-0.4, -0.2) is 7.05 Å². The number of hydrogen-bond acceptors (Lipinski definition) is 2. The molecule has 4 heteroatoms. The van der Waals surface area contributed by atoms with Gasteiger partial charge in [0, 0.05) is 11.6 Å². The zero-order chi connectivity index (χ0) is 14.7. The Morgan fingerprint density at radius 2 is 1.85 bits per heavy atom. The quantitative estimate of drug-likeness (QED) is 0.897. The van der Waals surface area contributed by atoms with Gasteiger partial charge in [-0.15, -0.1) is 0 Å². The third kappa shape index (κ3) is 3.14. The molecule has 0 aromatic heterocycles. The van der Waals surface area contributed by atoms with Gasteiger partial charge in [0.2, 0.25) is 0 Å². The van der Waals surface area contributed by atoms with Crippen molar-refractivity contribution in [3.63, 3.8) is 0 Å². The van der Waals surface area contributed by atoms with Crippen molar-refractivity contribution in [2.24, 2.45) is 0 Å². The molecule has 1 atom stereocenters. The standard InChI is InChI=1S/C16H17F2NO/c1-10-8-13(5-6-15(10)18)20-16-7-4-12(17)9-14(16)11(2)19-3/h4-9,11,19H,1-3H3. The van der Waals surface area contributed by atoms with E-state index in [-0.39, 0.29) is 17.7 Å². The van der Waals surface area contributed by atoms with Crippen LogP contribution in [0.5, 0.6) is 11.5 Å². The van der Waals surface area contributed by atoms with Gasteiger partial charge in [-0.2, -0.15) is 0 Å². The summed E-state index contributed by atoms with van der Waals surface area (Å²) in [6, 6.07) is 8.84. The summed E-state index contributed by atoms with van der Waals surface area (Å²) in [4.78, 5) is 0. The number of nitrogens with one attached hydrogen (secondary N) is 1. The fraction of sp³-hybridized carbons (Fsp3) is 0.250. The van der Waals surface area contributed by atoms with E-state index in [1.807, 2.05) is 6.92 Å². The maximum absolute atomic E-state index is 13.4. The van der Waals surface area contributed by atoms with Gasteiger partial charge < -0.3 is 10.1 Å². The first-order valence-corrected chi connectivity index (χ1v) is 6.42. The zero-order valence-electron chi connectivity index (χ0n) is 11.7. The fourth-order valence-corrected chi connectivity index (χ4v) is 1.91. The lowest BCUT2D eigenvalue weighted by Crippen LogP contribution is -2.13. The van der Waals surface area contributed by atoms with Gasteiger partial charge in [-0.25, -0.2) is 8.78 Å². The molecule has 1 unspecified atom stereocenters. The van der Waals surface area contributed by atoms with Gasteiger partial charge in [-0.3, -0.25) is 0 Å². The van der Waals surface area contributed by atoms with Crippen molar-refractivity contribution in [1.29, 1.82) is 0 Å². The summed E-state index contributed by atoms with van der Waals surface area (Å²) in [6.07, 6.45) is 0. The largest absolute Gasteiger partial charge is 0.457 e.